The van der Waals surface area contributed by atoms with Crippen molar-refractivity contribution in [1.29, 1.82) is 0 Å². The van der Waals surface area contributed by atoms with Gasteiger partial charge in [0.25, 0.3) is 0 Å². The molecule has 4 rings (SSSR count). The third kappa shape index (κ3) is 6.75. The van der Waals surface area contributed by atoms with Gasteiger partial charge in [-0.25, -0.2) is 8.78 Å². The number of hydrogen-bond donors (Lipinski definition) is 0. The van der Waals surface area contributed by atoms with Crippen molar-refractivity contribution in [1.82, 2.24) is 9.88 Å². The van der Waals surface area contributed by atoms with Crippen LogP contribution < -0.4 is 9.64 Å². The molecule has 0 amide bonds. The predicted molar refractivity (Wildman–Crippen MR) is 128 cm³/mol. The molecule has 4 nitrogen and oxygen atoms in total. The standard InChI is InChI=1S/C27H31F2N3O/c1-20-15-27(16-21(2)30-20)33-19-25(29)18-31-11-13-32(14-12-31)26-9-5-23(6-10-26)17-22-3-7-24(28)8-4-22/h3-10,15-16,25H,11-14,17-19H2,1-2H3. The Morgan fingerprint density at radius 3 is 2.06 bits per heavy atom. The van der Waals surface area contributed by atoms with Gasteiger partial charge in [0.05, 0.1) is 0 Å². The number of rotatable bonds is 8. The fourth-order valence-corrected chi connectivity index (χ4v) is 4.25. The molecule has 1 aliphatic rings. The second-order valence-electron chi connectivity index (χ2n) is 8.75. The summed E-state index contributed by atoms with van der Waals surface area (Å²) in [6.07, 6.45) is -0.247. The Labute approximate surface area is 194 Å². The number of pyridine rings is 1. The molecule has 0 N–H and O–H groups in total. The van der Waals surface area contributed by atoms with Gasteiger partial charge in [0.2, 0.25) is 0 Å². The van der Waals surface area contributed by atoms with E-state index in [-0.39, 0.29) is 12.4 Å². The van der Waals surface area contributed by atoms with E-state index in [0.717, 1.165) is 49.6 Å². The van der Waals surface area contributed by atoms with E-state index in [9.17, 15) is 8.78 Å². The Hall–Kier alpha value is -2.99. The Morgan fingerprint density at radius 2 is 1.45 bits per heavy atom. The first-order valence-corrected chi connectivity index (χ1v) is 11.5. The van der Waals surface area contributed by atoms with E-state index < -0.39 is 6.17 Å². The highest BCUT2D eigenvalue weighted by molar-refractivity contribution is 5.48. The summed E-state index contributed by atoms with van der Waals surface area (Å²) in [7, 11) is 0. The van der Waals surface area contributed by atoms with Gasteiger partial charge in [-0.1, -0.05) is 24.3 Å². The second kappa shape index (κ2) is 10.8. The van der Waals surface area contributed by atoms with Crippen molar-refractivity contribution in [3.05, 3.63) is 89.0 Å². The van der Waals surface area contributed by atoms with Crippen molar-refractivity contribution in [3.8, 4) is 5.75 Å². The molecule has 1 saturated heterocycles. The van der Waals surface area contributed by atoms with Crippen molar-refractivity contribution in [3.63, 3.8) is 0 Å². The molecule has 2 aromatic carbocycles. The van der Waals surface area contributed by atoms with Crippen molar-refractivity contribution in [2.24, 2.45) is 0 Å². The molecule has 174 valence electrons. The first-order valence-electron chi connectivity index (χ1n) is 11.5. The molecule has 0 bridgehead atoms. The minimum Gasteiger partial charge on any atom is -0.490 e. The lowest BCUT2D eigenvalue weighted by atomic mass is 10.0. The highest BCUT2D eigenvalue weighted by Crippen LogP contribution is 2.20. The largest absolute Gasteiger partial charge is 0.490 e. The zero-order valence-electron chi connectivity index (χ0n) is 19.3. The molecule has 0 saturated carbocycles. The molecule has 1 unspecified atom stereocenters. The van der Waals surface area contributed by atoms with Crippen LogP contribution in [0.4, 0.5) is 14.5 Å². The quantitative estimate of drug-likeness (QED) is 0.484. The van der Waals surface area contributed by atoms with E-state index in [4.69, 9.17) is 4.74 Å². The van der Waals surface area contributed by atoms with Gasteiger partial charge in [0.15, 0.2) is 0 Å². The van der Waals surface area contributed by atoms with E-state index in [1.807, 2.05) is 38.1 Å². The fraction of sp³-hybridized carbons (Fsp3) is 0.370. The number of aromatic nitrogens is 1. The van der Waals surface area contributed by atoms with Crippen LogP contribution in [-0.2, 0) is 6.42 Å². The Bertz CT molecular complexity index is 1010. The van der Waals surface area contributed by atoms with Crippen molar-refractivity contribution in [2.75, 3.05) is 44.2 Å². The summed E-state index contributed by atoms with van der Waals surface area (Å²) in [6.45, 7) is 7.64. The lowest BCUT2D eigenvalue weighted by Gasteiger charge is -2.36. The van der Waals surface area contributed by atoms with E-state index in [2.05, 4.69) is 39.0 Å². The Kier molecular flexibility index (Phi) is 7.55. The number of hydrogen-bond acceptors (Lipinski definition) is 4. The van der Waals surface area contributed by atoms with Gasteiger partial charge >= 0.3 is 0 Å². The van der Waals surface area contributed by atoms with Gasteiger partial charge in [0, 0.05) is 61.9 Å². The molecule has 1 aromatic heterocycles. The number of aryl methyl sites for hydroxylation is 2. The molecule has 1 fully saturated rings. The van der Waals surface area contributed by atoms with Crippen LogP contribution in [0.2, 0.25) is 0 Å². The summed E-state index contributed by atoms with van der Waals surface area (Å²) < 4.78 is 33.3. The Morgan fingerprint density at radius 1 is 0.879 bits per heavy atom. The molecule has 1 atom stereocenters. The van der Waals surface area contributed by atoms with Gasteiger partial charge in [0.1, 0.15) is 24.3 Å². The SMILES string of the molecule is Cc1cc(OCC(F)CN2CCN(c3ccc(Cc4ccc(F)cc4)cc3)CC2)cc(C)n1. The highest BCUT2D eigenvalue weighted by Gasteiger charge is 2.20. The van der Waals surface area contributed by atoms with E-state index in [0.29, 0.717) is 12.3 Å². The van der Waals surface area contributed by atoms with Gasteiger partial charge in [-0.2, -0.15) is 0 Å². The lowest BCUT2D eigenvalue weighted by Crippen LogP contribution is -2.48. The number of halogens is 2. The monoisotopic (exact) mass is 451 g/mol. The van der Waals surface area contributed by atoms with E-state index in [1.165, 1.54) is 23.4 Å². The molecule has 0 spiro atoms. The lowest BCUT2D eigenvalue weighted by molar-refractivity contribution is 0.133. The third-order valence-corrected chi connectivity index (χ3v) is 5.94. The number of nitrogens with zero attached hydrogens (tertiary/aromatic N) is 3. The zero-order chi connectivity index (χ0) is 23.2. The van der Waals surface area contributed by atoms with Crippen molar-refractivity contribution < 1.29 is 13.5 Å². The summed E-state index contributed by atoms with van der Waals surface area (Å²) in [5.41, 5.74) is 5.22. The average molecular weight is 452 g/mol. The predicted octanol–water partition coefficient (Wildman–Crippen LogP) is 4.97. The van der Waals surface area contributed by atoms with Gasteiger partial charge in [-0.05, 0) is 55.7 Å². The molecule has 3 aromatic rings. The first kappa shape index (κ1) is 23.2. The van der Waals surface area contributed by atoms with Crippen molar-refractivity contribution >= 4 is 5.69 Å². The normalized spacial score (nSPS) is 15.5. The maximum Gasteiger partial charge on any atom is 0.147 e. The molecule has 1 aliphatic heterocycles. The summed E-state index contributed by atoms with van der Waals surface area (Å²) >= 11 is 0. The highest BCUT2D eigenvalue weighted by atomic mass is 19.1. The summed E-state index contributed by atoms with van der Waals surface area (Å²) in [5, 5.41) is 0. The van der Waals surface area contributed by atoms with Crippen LogP contribution in [0.15, 0.2) is 60.7 Å². The molecular formula is C27H31F2N3O. The number of ether oxygens (including phenoxy) is 1. The van der Waals surface area contributed by atoms with Crippen molar-refractivity contribution in [2.45, 2.75) is 26.4 Å². The topological polar surface area (TPSA) is 28.6 Å². The minimum absolute atomic E-state index is 0.0542. The minimum atomic E-state index is -1.03. The molecule has 33 heavy (non-hydrogen) atoms. The zero-order valence-corrected chi connectivity index (χ0v) is 19.3. The number of piperazine rings is 1. The average Bonchev–Trinajstić information content (AvgIpc) is 2.80. The van der Waals surface area contributed by atoms with E-state index in [1.54, 1.807) is 0 Å². The summed E-state index contributed by atoms with van der Waals surface area (Å²) in [4.78, 5) is 8.82. The van der Waals surface area contributed by atoms with Crippen LogP contribution in [0.1, 0.15) is 22.5 Å². The smallest absolute Gasteiger partial charge is 0.147 e. The van der Waals surface area contributed by atoms with Crippen LogP contribution in [0.3, 0.4) is 0 Å². The first-order chi connectivity index (χ1) is 15.9. The molecular weight excluding hydrogens is 420 g/mol. The molecule has 2 heterocycles. The van der Waals surface area contributed by atoms with Crippen LogP contribution in [0.5, 0.6) is 5.75 Å². The number of anilines is 1. The maximum atomic E-state index is 14.5. The van der Waals surface area contributed by atoms with Gasteiger partial charge in [-0.15, -0.1) is 0 Å². The molecule has 0 aliphatic carbocycles. The second-order valence-corrected chi connectivity index (χ2v) is 8.75. The number of benzene rings is 2. The van der Waals surface area contributed by atoms with Crippen LogP contribution in [0.25, 0.3) is 0 Å². The number of alkyl halides is 1. The van der Waals surface area contributed by atoms with Crippen LogP contribution >= 0.6 is 0 Å². The van der Waals surface area contributed by atoms with Crippen LogP contribution in [-0.4, -0.2) is 55.4 Å². The van der Waals surface area contributed by atoms with Gasteiger partial charge < -0.3 is 9.64 Å². The maximum absolute atomic E-state index is 14.5. The molecule has 6 heteroatoms. The Balaban J connectivity index is 1.21. The van der Waals surface area contributed by atoms with Crippen LogP contribution in [0, 0.1) is 19.7 Å². The summed E-state index contributed by atoms with van der Waals surface area (Å²) in [6, 6.07) is 18.8. The fourth-order valence-electron chi connectivity index (χ4n) is 4.25. The third-order valence-electron chi connectivity index (χ3n) is 5.94. The van der Waals surface area contributed by atoms with E-state index >= 15 is 0 Å². The van der Waals surface area contributed by atoms with Gasteiger partial charge in [-0.3, -0.25) is 9.88 Å². The summed E-state index contributed by atoms with van der Waals surface area (Å²) in [5.74, 6) is 0.467. The molecule has 0 radical (unpaired) electrons.